The summed E-state index contributed by atoms with van der Waals surface area (Å²) in [5.74, 6) is 0. The fourth-order valence-electron chi connectivity index (χ4n) is 2.05. The molecule has 0 unspecified atom stereocenters. The molecule has 0 aromatic carbocycles. The van der Waals surface area contributed by atoms with Gasteiger partial charge in [0.15, 0.2) is 0 Å². The maximum absolute atomic E-state index is 3.24. The Morgan fingerprint density at radius 2 is 1.18 bits per heavy atom. The van der Waals surface area contributed by atoms with E-state index in [4.69, 9.17) is 0 Å². The molecule has 0 nitrogen and oxygen atoms in total. The molecule has 0 radical (unpaired) electrons. The van der Waals surface area contributed by atoms with Crippen LogP contribution >= 0.6 is 0 Å². The Bertz CT molecular complexity index is 348. The van der Waals surface area contributed by atoms with Gasteiger partial charge in [0, 0.05) is 0 Å². The Morgan fingerprint density at radius 1 is 0.545 bits per heavy atom. The number of hydrogen-bond acceptors (Lipinski definition) is 0. The number of unbranched alkanes of at least 4 members (excludes halogenated alkanes) is 6. The molecule has 0 heterocycles. The third-order valence-corrected chi connectivity index (χ3v) is 3.46. The molecule has 0 rings (SSSR count). The number of hydrogen-bond donors (Lipinski definition) is 0. The summed E-state index contributed by atoms with van der Waals surface area (Å²) in [5, 5.41) is 0. The first-order chi connectivity index (χ1) is 10.9. The second-order valence-corrected chi connectivity index (χ2v) is 5.69. The first-order valence-electron chi connectivity index (χ1n) is 9.26. The zero-order valence-electron chi connectivity index (χ0n) is 14.9. The summed E-state index contributed by atoms with van der Waals surface area (Å²) in [5.41, 5.74) is 3.24. The zero-order valence-corrected chi connectivity index (χ0v) is 14.9. The molecule has 124 valence electrons. The second kappa shape index (κ2) is 19.7. The minimum Gasteiger partial charge on any atom is -0.129 e. The van der Waals surface area contributed by atoms with Crippen molar-refractivity contribution >= 4 is 0 Å². The normalized spacial score (nSPS) is 11.5. The van der Waals surface area contributed by atoms with Crippen LogP contribution in [0.3, 0.4) is 0 Å². The predicted molar refractivity (Wildman–Crippen MR) is 102 cm³/mol. The molecule has 0 aromatic rings. The standard InChI is InChI=1S/C22H36/c1-3-5-7-9-11-13-15-17-19-21-22-20-18-16-14-12-10-8-6-4-2/h9,13-14,16-17,19-20,22H,3-8,10,12,15,18,21H2,1-2H3. The molecule has 0 heteroatoms. The molecular formula is C22H36. The molecule has 0 saturated heterocycles. The van der Waals surface area contributed by atoms with E-state index in [9.17, 15) is 0 Å². The zero-order chi connectivity index (χ0) is 16.1. The lowest BCUT2D eigenvalue weighted by molar-refractivity contribution is 0.674. The van der Waals surface area contributed by atoms with Gasteiger partial charge >= 0.3 is 0 Å². The minimum atomic E-state index is 0.994. The third kappa shape index (κ3) is 18.7. The Hall–Kier alpha value is -1.26. The van der Waals surface area contributed by atoms with Crippen LogP contribution < -0.4 is 0 Å². The van der Waals surface area contributed by atoms with E-state index in [0.29, 0.717) is 0 Å². The molecule has 22 heavy (non-hydrogen) atoms. The Kier molecular flexibility index (Phi) is 18.6. The van der Waals surface area contributed by atoms with E-state index < -0.39 is 0 Å². The fraction of sp³-hybridized carbons (Fsp3) is 0.591. The van der Waals surface area contributed by atoms with Gasteiger partial charge in [0.2, 0.25) is 0 Å². The summed E-state index contributed by atoms with van der Waals surface area (Å²) in [6.45, 7) is 4.48. The largest absolute Gasteiger partial charge is 0.129 e. The lowest BCUT2D eigenvalue weighted by Crippen LogP contribution is -1.73. The summed E-state index contributed by atoms with van der Waals surface area (Å²) in [6, 6.07) is 0. The highest BCUT2D eigenvalue weighted by Crippen LogP contribution is 2.03. The van der Waals surface area contributed by atoms with Gasteiger partial charge in [0.25, 0.3) is 0 Å². The smallest absolute Gasteiger partial charge is 0.00929 e. The van der Waals surface area contributed by atoms with Crippen molar-refractivity contribution in [1.82, 2.24) is 0 Å². The topological polar surface area (TPSA) is 0 Å². The average molecular weight is 301 g/mol. The molecule has 0 atom stereocenters. The first kappa shape index (κ1) is 20.7. The lowest BCUT2D eigenvalue weighted by atomic mass is 10.1. The minimum absolute atomic E-state index is 0.994. The van der Waals surface area contributed by atoms with Crippen LogP contribution in [0.4, 0.5) is 0 Å². The molecule has 0 aromatic heterocycles. The lowest BCUT2D eigenvalue weighted by Gasteiger charge is -1.93. The molecule has 0 spiro atoms. The second-order valence-electron chi connectivity index (χ2n) is 5.69. The van der Waals surface area contributed by atoms with Crippen LogP contribution in [0.5, 0.6) is 0 Å². The summed E-state index contributed by atoms with van der Waals surface area (Å²) < 4.78 is 0. The van der Waals surface area contributed by atoms with Crippen LogP contribution in [0.2, 0.25) is 0 Å². The van der Waals surface area contributed by atoms with Crippen molar-refractivity contribution < 1.29 is 0 Å². The summed E-state index contributed by atoms with van der Waals surface area (Å²) in [6.07, 6.45) is 31.3. The van der Waals surface area contributed by atoms with E-state index in [1.807, 2.05) is 0 Å². The van der Waals surface area contributed by atoms with Gasteiger partial charge in [-0.1, -0.05) is 76.0 Å². The van der Waals surface area contributed by atoms with E-state index in [1.54, 1.807) is 0 Å². The summed E-state index contributed by atoms with van der Waals surface area (Å²) >= 11 is 0. The van der Waals surface area contributed by atoms with Gasteiger partial charge in [0.1, 0.15) is 0 Å². The van der Waals surface area contributed by atoms with Gasteiger partial charge in [0.05, 0.1) is 0 Å². The van der Waals surface area contributed by atoms with Crippen LogP contribution in [0.1, 0.15) is 84.5 Å². The molecule has 0 aliphatic heterocycles. The van der Waals surface area contributed by atoms with Gasteiger partial charge in [-0.3, -0.25) is 0 Å². The highest BCUT2D eigenvalue weighted by Gasteiger charge is 1.83. The molecule has 0 saturated carbocycles. The summed E-state index contributed by atoms with van der Waals surface area (Å²) in [7, 11) is 0. The quantitative estimate of drug-likeness (QED) is 0.175. The number of rotatable bonds is 14. The first-order valence-corrected chi connectivity index (χ1v) is 9.26. The van der Waals surface area contributed by atoms with Gasteiger partial charge in [-0.05, 0) is 57.1 Å². The monoisotopic (exact) mass is 300 g/mol. The van der Waals surface area contributed by atoms with E-state index in [0.717, 1.165) is 25.7 Å². The van der Waals surface area contributed by atoms with E-state index in [1.165, 1.54) is 44.9 Å². The molecule has 0 aliphatic rings. The molecule has 0 amide bonds. The summed E-state index contributed by atoms with van der Waals surface area (Å²) in [4.78, 5) is 0. The van der Waals surface area contributed by atoms with Crippen molar-refractivity contribution in [1.29, 1.82) is 0 Å². The van der Waals surface area contributed by atoms with Gasteiger partial charge in [-0.2, -0.15) is 0 Å². The third-order valence-electron chi connectivity index (χ3n) is 3.46. The van der Waals surface area contributed by atoms with Gasteiger partial charge in [-0.25, -0.2) is 0 Å². The van der Waals surface area contributed by atoms with Crippen molar-refractivity contribution in [2.75, 3.05) is 0 Å². The molecule has 0 N–H and O–H groups in total. The van der Waals surface area contributed by atoms with Gasteiger partial charge in [-0.15, -0.1) is 5.73 Å². The van der Waals surface area contributed by atoms with E-state index in [2.05, 4.69) is 68.2 Å². The maximum Gasteiger partial charge on any atom is -0.00929 e. The maximum atomic E-state index is 3.24. The Morgan fingerprint density at radius 3 is 1.86 bits per heavy atom. The van der Waals surface area contributed by atoms with Crippen LogP contribution in [0.25, 0.3) is 0 Å². The van der Waals surface area contributed by atoms with Crippen molar-refractivity contribution in [2.45, 2.75) is 84.5 Å². The SMILES string of the molecule is CCCCC=C=CCC=CCC=CCC=CCCCCCC. The van der Waals surface area contributed by atoms with E-state index >= 15 is 0 Å². The van der Waals surface area contributed by atoms with Crippen LogP contribution in [0.15, 0.2) is 54.3 Å². The van der Waals surface area contributed by atoms with Crippen molar-refractivity contribution in [3.05, 3.63) is 54.3 Å². The van der Waals surface area contributed by atoms with E-state index in [-0.39, 0.29) is 0 Å². The van der Waals surface area contributed by atoms with Crippen LogP contribution in [-0.4, -0.2) is 0 Å². The molecule has 0 aliphatic carbocycles. The Labute approximate surface area is 139 Å². The molecular weight excluding hydrogens is 264 g/mol. The fourth-order valence-corrected chi connectivity index (χ4v) is 2.05. The van der Waals surface area contributed by atoms with Gasteiger partial charge < -0.3 is 0 Å². The van der Waals surface area contributed by atoms with Crippen LogP contribution in [-0.2, 0) is 0 Å². The van der Waals surface area contributed by atoms with Crippen LogP contribution in [0, 0.1) is 0 Å². The molecule has 0 fully saturated rings. The molecule has 0 bridgehead atoms. The Balaban J connectivity index is 3.44. The van der Waals surface area contributed by atoms with Crippen molar-refractivity contribution in [3.63, 3.8) is 0 Å². The predicted octanol–water partition coefficient (Wildman–Crippen LogP) is 7.70. The number of allylic oxidation sites excluding steroid dienone is 7. The highest BCUT2D eigenvalue weighted by molar-refractivity contribution is 4.99. The average Bonchev–Trinajstić information content (AvgIpc) is 2.54. The van der Waals surface area contributed by atoms with Crippen molar-refractivity contribution in [2.24, 2.45) is 0 Å². The van der Waals surface area contributed by atoms with Crippen molar-refractivity contribution in [3.8, 4) is 0 Å². The highest BCUT2D eigenvalue weighted by atomic mass is 13.9.